The van der Waals surface area contributed by atoms with E-state index in [0.717, 1.165) is 5.56 Å². The number of thiazole rings is 1. The number of anilines is 2. The molecule has 6 heteroatoms. The van der Waals surface area contributed by atoms with Crippen LogP contribution in [0, 0.1) is 0 Å². The summed E-state index contributed by atoms with van der Waals surface area (Å²) in [7, 11) is 0. The molecule has 3 aromatic carbocycles. The average molecular weight is 399 g/mol. The van der Waals surface area contributed by atoms with Crippen molar-refractivity contribution < 1.29 is 9.59 Å². The summed E-state index contributed by atoms with van der Waals surface area (Å²) in [6.07, 6.45) is 0. The van der Waals surface area contributed by atoms with Crippen LogP contribution in [0.2, 0.25) is 0 Å². The van der Waals surface area contributed by atoms with Crippen molar-refractivity contribution in [1.82, 2.24) is 4.98 Å². The van der Waals surface area contributed by atoms with Gasteiger partial charge in [0, 0.05) is 16.7 Å². The predicted molar refractivity (Wildman–Crippen MR) is 116 cm³/mol. The van der Waals surface area contributed by atoms with Gasteiger partial charge in [0.2, 0.25) is 0 Å². The molecule has 29 heavy (non-hydrogen) atoms. The van der Waals surface area contributed by atoms with Gasteiger partial charge in [-0.25, -0.2) is 4.98 Å². The molecule has 0 saturated heterocycles. The van der Waals surface area contributed by atoms with Crippen molar-refractivity contribution in [2.24, 2.45) is 0 Å². The number of benzene rings is 3. The molecule has 2 amide bonds. The molecule has 142 valence electrons. The largest absolute Gasteiger partial charge is 0.312 e. The number of nitrogens with zero attached hydrogens (tertiary/aromatic N) is 1. The Morgan fingerprint density at radius 1 is 0.655 bits per heavy atom. The summed E-state index contributed by atoms with van der Waals surface area (Å²) in [5.74, 6) is -0.479. The van der Waals surface area contributed by atoms with Crippen molar-refractivity contribution in [1.29, 1.82) is 0 Å². The number of hydrogen-bond acceptors (Lipinski definition) is 4. The van der Waals surface area contributed by atoms with Gasteiger partial charge >= 0.3 is 0 Å². The maximum absolute atomic E-state index is 12.6. The van der Waals surface area contributed by atoms with Gasteiger partial charge in [0.15, 0.2) is 5.13 Å². The topological polar surface area (TPSA) is 71.1 Å². The molecule has 0 saturated carbocycles. The Kier molecular flexibility index (Phi) is 5.45. The third kappa shape index (κ3) is 4.39. The Morgan fingerprint density at radius 2 is 1.14 bits per heavy atom. The highest BCUT2D eigenvalue weighted by atomic mass is 32.1. The molecule has 0 bridgehead atoms. The number of rotatable bonds is 5. The van der Waals surface area contributed by atoms with Gasteiger partial charge in [0.05, 0.1) is 0 Å². The van der Waals surface area contributed by atoms with Crippen LogP contribution in [0.1, 0.15) is 20.7 Å². The SMILES string of the molecule is O=C(Nc1nc(-c2ccccc2)c(NC(=O)c2ccccc2)s1)c1ccccc1. The Bertz CT molecular complexity index is 1130. The third-order valence-electron chi connectivity index (χ3n) is 4.19. The minimum Gasteiger partial charge on any atom is -0.312 e. The van der Waals surface area contributed by atoms with Crippen LogP contribution in [-0.2, 0) is 0 Å². The van der Waals surface area contributed by atoms with Crippen molar-refractivity contribution in [3.8, 4) is 11.3 Å². The van der Waals surface area contributed by atoms with Gasteiger partial charge in [0.25, 0.3) is 11.8 Å². The lowest BCUT2D eigenvalue weighted by Crippen LogP contribution is -2.11. The zero-order chi connectivity index (χ0) is 20.1. The van der Waals surface area contributed by atoms with Crippen LogP contribution < -0.4 is 10.6 Å². The monoisotopic (exact) mass is 399 g/mol. The summed E-state index contributed by atoms with van der Waals surface area (Å²) in [6, 6.07) is 27.4. The van der Waals surface area contributed by atoms with Gasteiger partial charge in [-0.2, -0.15) is 0 Å². The molecule has 0 fully saturated rings. The summed E-state index contributed by atoms with van der Waals surface area (Å²) in [5.41, 5.74) is 2.56. The number of nitrogens with one attached hydrogen (secondary N) is 2. The molecule has 1 aromatic heterocycles. The molecule has 0 aliphatic rings. The highest BCUT2D eigenvalue weighted by Crippen LogP contribution is 2.36. The van der Waals surface area contributed by atoms with Crippen molar-refractivity contribution >= 4 is 33.3 Å². The zero-order valence-electron chi connectivity index (χ0n) is 15.3. The Balaban J connectivity index is 1.64. The summed E-state index contributed by atoms with van der Waals surface area (Å²) in [4.78, 5) is 29.7. The summed E-state index contributed by atoms with van der Waals surface area (Å²) in [5, 5.41) is 6.74. The molecule has 0 unspecified atom stereocenters. The van der Waals surface area contributed by atoms with Crippen molar-refractivity contribution in [3.05, 3.63) is 102 Å². The molecular weight excluding hydrogens is 382 g/mol. The second kappa shape index (κ2) is 8.50. The lowest BCUT2D eigenvalue weighted by atomic mass is 10.1. The van der Waals surface area contributed by atoms with E-state index in [9.17, 15) is 9.59 Å². The Labute approximate surface area is 172 Å². The van der Waals surface area contributed by atoms with Crippen LogP contribution in [0.25, 0.3) is 11.3 Å². The summed E-state index contributed by atoms with van der Waals surface area (Å²) >= 11 is 1.23. The molecule has 4 aromatic rings. The van der Waals surface area contributed by atoms with Crippen LogP contribution in [0.4, 0.5) is 10.1 Å². The quantitative estimate of drug-likeness (QED) is 0.477. The smallest absolute Gasteiger partial charge is 0.257 e. The molecule has 0 atom stereocenters. The molecule has 2 N–H and O–H groups in total. The maximum atomic E-state index is 12.6. The van der Waals surface area contributed by atoms with Crippen LogP contribution in [0.3, 0.4) is 0 Å². The fourth-order valence-electron chi connectivity index (χ4n) is 2.77. The fraction of sp³-hybridized carbons (Fsp3) is 0. The first-order valence-electron chi connectivity index (χ1n) is 9.00. The van der Waals surface area contributed by atoms with E-state index in [0.29, 0.717) is 27.0 Å². The Morgan fingerprint density at radius 3 is 1.69 bits per heavy atom. The van der Waals surface area contributed by atoms with Gasteiger partial charge in [-0.1, -0.05) is 78.1 Å². The van der Waals surface area contributed by atoms with E-state index >= 15 is 0 Å². The lowest BCUT2D eigenvalue weighted by Gasteiger charge is -2.05. The normalized spacial score (nSPS) is 10.3. The predicted octanol–water partition coefficient (Wildman–Crippen LogP) is 5.31. The van der Waals surface area contributed by atoms with Crippen LogP contribution >= 0.6 is 11.3 Å². The molecule has 0 radical (unpaired) electrons. The molecule has 4 rings (SSSR count). The number of hydrogen-bond donors (Lipinski definition) is 2. The van der Waals surface area contributed by atoms with E-state index in [1.54, 1.807) is 36.4 Å². The van der Waals surface area contributed by atoms with E-state index in [1.807, 2.05) is 54.6 Å². The molecule has 0 spiro atoms. The average Bonchev–Trinajstić information content (AvgIpc) is 3.17. The van der Waals surface area contributed by atoms with Gasteiger partial charge in [0.1, 0.15) is 10.7 Å². The van der Waals surface area contributed by atoms with E-state index < -0.39 is 0 Å². The van der Waals surface area contributed by atoms with Crippen LogP contribution in [0.15, 0.2) is 91.0 Å². The number of amides is 2. The van der Waals surface area contributed by atoms with Gasteiger partial charge in [-0.05, 0) is 24.3 Å². The first kappa shape index (κ1) is 18.6. The maximum Gasteiger partial charge on any atom is 0.257 e. The zero-order valence-corrected chi connectivity index (χ0v) is 16.1. The van der Waals surface area contributed by atoms with Crippen molar-refractivity contribution in [2.45, 2.75) is 0 Å². The molecular formula is C23H17N3O2S. The summed E-state index contributed by atoms with van der Waals surface area (Å²) < 4.78 is 0. The van der Waals surface area contributed by atoms with E-state index in [2.05, 4.69) is 15.6 Å². The second-order valence-corrected chi connectivity index (χ2v) is 7.20. The molecule has 0 aliphatic heterocycles. The Hall–Kier alpha value is -3.77. The molecule has 5 nitrogen and oxygen atoms in total. The summed E-state index contributed by atoms with van der Waals surface area (Å²) in [6.45, 7) is 0. The van der Waals surface area contributed by atoms with Crippen LogP contribution in [-0.4, -0.2) is 16.8 Å². The highest BCUT2D eigenvalue weighted by molar-refractivity contribution is 7.20. The number of carbonyl (C=O) groups is 2. The van der Waals surface area contributed by atoms with Crippen molar-refractivity contribution in [2.75, 3.05) is 10.6 Å². The third-order valence-corrected chi connectivity index (χ3v) is 5.08. The van der Waals surface area contributed by atoms with Crippen molar-refractivity contribution in [3.63, 3.8) is 0 Å². The second-order valence-electron chi connectivity index (χ2n) is 6.20. The number of carbonyl (C=O) groups excluding carboxylic acids is 2. The van der Waals surface area contributed by atoms with Gasteiger partial charge < -0.3 is 5.32 Å². The van der Waals surface area contributed by atoms with E-state index in [-0.39, 0.29) is 11.8 Å². The standard InChI is InChI=1S/C23H17N3O2S/c27-20(17-12-6-2-7-13-17)25-22-19(16-10-4-1-5-11-16)24-23(29-22)26-21(28)18-14-8-3-9-15-18/h1-15H,(H,25,27)(H,24,26,28). The number of aromatic nitrogens is 1. The minimum absolute atomic E-state index is 0.229. The minimum atomic E-state index is -0.250. The van der Waals surface area contributed by atoms with E-state index in [1.165, 1.54) is 11.3 Å². The first-order valence-corrected chi connectivity index (χ1v) is 9.81. The molecule has 1 heterocycles. The fourth-order valence-corrected chi connectivity index (χ4v) is 3.65. The molecule has 0 aliphatic carbocycles. The van der Waals surface area contributed by atoms with Crippen LogP contribution in [0.5, 0.6) is 0 Å². The van der Waals surface area contributed by atoms with Gasteiger partial charge in [-0.15, -0.1) is 0 Å². The first-order chi connectivity index (χ1) is 14.2. The van der Waals surface area contributed by atoms with Gasteiger partial charge in [-0.3, -0.25) is 14.9 Å². The lowest BCUT2D eigenvalue weighted by molar-refractivity contribution is 0.101. The van der Waals surface area contributed by atoms with E-state index in [4.69, 9.17) is 0 Å². The highest BCUT2D eigenvalue weighted by Gasteiger charge is 2.18.